The fourth-order valence-electron chi connectivity index (χ4n) is 3.12. The van der Waals surface area contributed by atoms with Crippen LogP contribution < -0.4 is 0 Å². The maximum Gasteiger partial charge on any atom is 0.344 e. The van der Waals surface area contributed by atoms with Gasteiger partial charge in [-0.15, -0.1) is 0 Å². The van der Waals surface area contributed by atoms with E-state index in [4.69, 9.17) is 14.2 Å². The molecule has 0 N–H and O–H groups in total. The Hall–Kier alpha value is -3.13. The Morgan fingerprint density at radius 2 is 1.75 bits per heavy atom. The summed E-state index contributed by atoms with van der Waals surface area (Å²) in [4.78, 5) is 49.7. The topological polar surface area (TPSA) is 96.0 Å². The van der Waals surface area contributed by atoms with Gasteiger partial charge in [-0.2, -0.15) is 0 Å². The van der Waals surface area contributed by atoms with E-state index >= 15 is 0 Å². The van der Waals surface area contributed by atoms with Crippen LogP contribution in [0.4, 0.5) is 0 Å². The van der Waals surface area contributed by atoms with Gasteiger partial charge >= 0.3 is 17.9 Å². The summed E-state index contributed by atoms with van der Waals surface area (Å²) in [7, 11) is 0. The summed E-state index contributed by atoms with van der Waals surface area (Å²) < 4.78 is 15.0. The molecule has 0 amide bonds. The number of carbonyl (C=O) groups excluding carboxylic acids is 4. The van der Waals surface area contributed by atoms with Crippen molar-refractivity contribution >= 4 is 35.5 Å². The molecular formula is C24H24O7S. The van der Waals surface area contributed by atoms with E-state index in [0.717, 1.165) is 15.4 Å². The van der Waals surface area contributed by atoms with Crippen molar-refractivity contribution in [3.8, 4) is 0 Å². The molecule has 1 aliphatic heterocycles. The highest BCUT2D eigenvalue weighted by Crippen LogP contribution is 2.42. The normalized spacial score (nSPS) is 14.7. The van der Waals surface area contributed by atoms with E-state index in [0.29, 0.717) is 30.4 Å². The second-order valence-electron chi connectivity index (χ2n) is 7.42. The fraction of sp³-hybridized carbons (Fsp3) is 0.333. The summed E-state index contributed by atoms with van der Waals surface area (Å²) in [6.07, 6.45) is 3.21. The third kappa shape index (κ3) is 6.20. The lowest BCUT2D eigenvalue weighted by molar-refractivity contribution is -0.157. The van der Waals surface area contributed by atoms with Crippen LogP contribution in [-0.4, -0.2) is 43.5 Å². The first kappa shape index (κ1) is 23.5. The molecule has 2 aliphatic rings. The van der Waals surface area contributed by atoms with Crippen molar-refractivity contribution < 1.29 is 33.4 Å². The zero-order chi connectivity index (χ0) is 23.1. The van der Waals surface area contributed by atoms with Crippen LogP contribution in [-0.2, 0) is 39.8 Å². The summed E-state index contributed by atoms with van der Waals surface area (Å²) in [5.41, 5.74) is 2.36. The van der Waals surface area contributed by atoms with Crippen molar-refractivity contribution in [2.45, 2.75) is 37.5 Å². The number of thioether (sulfide) groups is 1. The molecule has 0 saturated heterocycles. The largest absolute Gasteiger partial charge is 0.463 e. The predicted octanol–water partition coefficient (Wildman–Crippen LogP) is 3.47. The first-order valence-corrected chi connectivity index (χ1v) is 11.0. The molecule has 0 atom stereocenters. The average Bonchev–Trinajstić information content (AvgIpc) is 2.78. The molecule has 0 unspecified atom stereocenters. The smallest absolute Gasteiger partial charge is 0.344 e. The molecule has 168 valence electrons. The quantitative estimate of drug-likeness (QED) is 0.241. The molecule has 32 heavy (non-hydrogen) atoms. The third-order valence-electron chi connectivity index (χ3n) is 4.82. The van der Waals surface area contributed by atoms with Crippen molar-refractivity contribution in [1.29, 1.82) is 0 Å². The van der Waals surface area contributed by atoms with Gasteiger partial charge < -0.3 is 14.2 Å². The SMILES string of the molecule is C=C(C)C(=O)OCCCCOC(=O)COC(=O)C1=CC2=C(Cc3ccccc3S2)C(=O)C1. The molecule has 0 radical (unpaired) electrons. The van der Waals surface area contributed by atoms with Crippen molar-refractivity contribution in [2.24, 2.45) is 0 Å². The number of rotatable bonds is 9. The standard InChI is InChI=1S/C24H24O7S/c1-15(2)23(27)30-10-6-5-9-29-22(26)14-31-24(28)17-12-19(25)18-11-16-7-3-4-8-20(16)32-21(18)13-17/h3-4,7-8,13H,1,5-6,9-12,14H2,2H3. The van der Waals surface area contributed by atoms with E-state index in [-0.39, 0.29) is 31.0 Å². The van der Waals surface area contributed by atoms with Crippen LogP contribution in [0.5, 0.6) is 0 Å². The first-order chi connectivity index (χ1) is 15.3. The lowest BCUT2D eigenvalue weighted by Crippen LogP contribution is -2.22. The van der Waals surface area contributed by atoms with Crippen LogP contribution in [0.15, 0.2) is 63.4 Å². The van der Waals surface area contributed by atoms with Gasteiger partial charge in [0.05, 0.1) is 13.2 Å². The number of hydrogen-bond acceptors (Lipinski definition) is 8. The number of fused-ring (bicyclic) bond motifs is 1. The third-order valence-corrected chi connectivity index (χ3v) is 6.02. The van der Waals surface area contributed by atoms with Gasteiger partial charge in [-0.1, -0.05) is 36.5 Å². The molecule has 3 rings (SSSR count). The molecule has 0 saturated carbocycles. The summed E-state index contributed by atoms with van der Waals surface area (Å²) in [6, 6.07) is 7.85. The molecular weight excluding hydrogens is 432 g/mol. The highest BCUT2D eigenvalue weighted by atomic mass is 32.2. The molecule has 0 spiro atoms. The first-order valence-electron chi connectivity index (χ1n) is 10.2. The average molecular weight is 457 g/mol. The number of allylic oxidation sites excluding steroid dienone is 2. The van der Waals surface area contributed by atoms with Gasteiger partial charge in [-0.25, -0.2) is 14.4 Å². The Morgan fingerprint density at radius 1 is 1.03 bits per heavy atom. The lowest BCUT2D eigenvalue weighted by atomic mass is 9.92. The second-order valence-corrected chi connectivity index (χ2v) is 8.50. The van der Waals surface area contributed by atoms with Gasteiger partial charge in [0.2, 0.25) is 0 Å². The molecule has 1 aromatic carbocycles. The minimum Gasteiger partial charge on any atom is -0.463 e. The molecule has 0 fully saturated rings. The molecule has 1 heterocycles. The van der Waals surface area contributed by atoms with Gasteiger partial charge in [0.15, 0.2) is 12.4 Å². The minimum atomic E-state index is -0.701. The number of ether oxygens (including phenoxy) is 3. The molecule has 1 aliphatic carbocycles. The van der Waals surface area contributed by atoms with E-state index in [1.807, 2.05) is 24.3 Å². The number of carbonyl (C=O) groups is 4. The zero-order valence-electron chi connectivity index (χ0n) is 17.8. The van der Waals surface area contributed by atoms with Gasteiger partial charge in [0, 0.05) is 39.4 Å². The van der Waals surface area contributed by atoms with Crippen LogP contribution in [0.2, 0.25) is 0 Å². The Morgan fingerprint density at radius 3 is 2.50 bits per heavy atom. The van der Waals surface area contributed by atoms with Crippen LogP contribution >= 0.6 is 11.8 Å². The number of hydrogen-bond donors (Lipinski definition) is 0. The number of benzene rings is 1. The molecule has 0 aromatic heterocycles. The van der Waals surface area contributed by atoms with Crippen molar-refractivity contribution in [3.05, 3.63) is 64.1 Å². The van der Waals surface area contributed by atoms with E-state index < -0.39 is 24.5 Å². The molecule has 0 bridgehead atoms. The van der Waals surface area contributed by atoms with Gasteiger partial charge in [0.1, 0.15) is 0 Å². The number of esters is 3. The Balaban J connectivity index is 1.41. The van der Waals surface area contributed by atoms with Crippen molar-refractivity contribution in [3.63, 3.8) is 0 Å². The summed E-state index contributed by atoms with van der Waals surface area (Å²) >= 11 is 1.46. The Labute approximate surface area is 190 Å². The van der Waals surface area contributed by atoms with E-state index in [9.17, 15) is 19.2 Å². The lowest BCUT2D eigenvalue weighted by Gasteiger charge is -2.24. The summed E-state index contributed by atoms with van der Waals surface area (Å²) in [5, 5.41) is 0. The summed E-state index contributed by atoms with van der Waals surface area (Å²) in [5.74, 6) is -1.94. The van der Waals surface area contributed by atoms with E-state index in [2.05, 4.69) is 6.58 Å². The Kier molecular flexibility index (Phi) is 8.05. The van der Waals surface area contributed by atoms with Crippen LogP contribution in [0.1, 0.15) is 31.7 Å². The number of unbranched alkanes of at least 4 members (excludes halogenated alkanes) is 1. The van der Waals surface area contributed by atoms with Crippen molar-refractivity contribution in [2.75, 3.05) is 19.8 Å². The van der Waals surface area contributed by atoms with Crippen LogP contribution in [0.3, 0.4) is 0 Å². The fourth-order valence-corrected chi connectivity index (χ4v) is 4.28. The molecule has 1 aromatic rings. The van der Waals surface area contributed by atoms with E-state index in [1.165, 1.54) is 11.8 Å². The molecule has 7 nitrogen and oxygen atoms in total. The molecule has 8 heteroatoms. The van der Waals surface area contributed by atoms with Gasteiger partial charge in [-0.05, 0) is 37.5 Å². The minimum absolute atomic E-state index is 0.0433. The predicted molar refractivity (Wildman–Crippen MR) is 118 cm³/mol. The Bertz CT molecular complexity index is 1020. The van der Waals surface area contributed by atoms with E-state index in [1.54, 1.807) is 13.0 Å². The maximum atomic E-state index is 12.6. The monoisotopic (exact) mass is 456 g/mol. The van der Waals surface area contributed by atoms with Crippen molar-refractivity contribution in [1.82, 2.24) is 0 Å². The maximum absolute atomic E-state index is 12.6. The second kappa shape index (κ2) is 10.9. The van der Waals surface area contributed by atoms with Crippen LogP contribution in [0, 0.1) is 0 Å². The summed E-state index contributed by atoms with van der Waals surface area (Å²) in [6.45, 7) is 4.84. The van der Waals surface area contributed by atoms with Gasteiger partial charge in [-0.3, -0.25) is 4.79 Å². The zero-order valence-corrected chi connectivity index (χ0v) is 18.6. The number of ketones is 1. The highest BCUT2D eigenvalue weighted by Gasteiger charge is 2.29. The van der Waals surface area contributed by atoms with Gasteiger partial charge in [0.25, 0.3) is 0 Å². The van der Waals surface area contributed by atoms with Crippen LogP contribution in [0.25, 0.3) is 0 Å². The number of Topliss-reactive ketones (excluding diaryl/α,β-unsaturated/α-hetero) is 1. The highest BCUT2D eigenvalue weighted by molar-refractivity contribution is 8.03.